The maximum Gasteiger partial charge on any atom is 0.408 e. The molecule has 6 nitrogen and oxygen atoms in total. The fourth-order valence-corrected chi connectivity index (χ4v) is 2.14. The van der Waals surface area contributed by atoms with Crippen LogP contribution in [0.25, 0.3) is 0 Å². The van der Waals surface area contributed by atoms with Crippen LogP contribution >= 0.6 is 0 Å². The van der Waals surface area contributed by atoms with Gasteiger partial charge < -0.3 is 10.1 Å². The standard InChI is InChI=1S/C10H19NO5S/c1-10(2,3)15-9(12)11-7-17(13,14)16-8-5-4-6-8/h8H,4-7H2,1-3H3,(H,11,12). The normalized spacial score (nSPS) is 17.4. The highest BCUT2D eigenvalue weighted by Crippen LogP contribution is 2.23. The van der Waals surface area contributed by atoms with Crippen LogP contribution in [-0.2, 0) is 19.0 Å². The highest BCUT2D eigenvalue weighted by molar-refractivity contribution is 7.86. The average molecular weight is 265 g/mol. The SMILES string of the molecule is CC(C)(C)OC(=O)NCS(=O)(=O)OC1CCC1. The van der Waals surface area contributed by atoms with Crippen molar-refractivity contribution in [3.63, 3.8) is 0 Å². The lowest BCUT2D eigenvalue weighted by atomic mass is 9.97. The van der Waals surface area contributed by atoms with Gasteiger partial charge in [0.2, 0.25) is 0 Å². The van der Waals surface area contributed by atoms with Crippen molar-refractivity contribution in [1.29, 1.82) is 0 Å². The Morgan fingerprint density at radius 1 is 1.35 bits per heavy atom. The van der Waals surface area contributed by atoms with Crippen molar-refractivity contribution in [2.24, 2.45) is 0 Å². The smallest absolute Gasteiger partial charge is 0.408 e. The Hall–Kier alpha value is -0.820. The molecule has 0 aromatic heterocycles. The lowest BCUT2D eigenvalue weighted by Gasteiger charge is -2.25. The Kier molecular flexibility index (Phi) is 4.37. The molecule has 1 N–H and O–H groups in total. The van der Waals surface area contributed by atoms with Crippen molar-refractivity contribution in [3.8, 4) is 0 Å². The molecule has 0 aliphatic heterocycles. The average Bonchev–Trinajstić information content (AvgIpc) is 2.06. The van der Waals surface area contributed by atoms with Gasteiger partial charge in [0.15, 0.2) is 0 Å². The Morgan fingerprint density at radius 3 is 2.35 bits per heavy atom. The van der Waals surface area contributed by atoms with Crippen LogP contribution < -0.4 is 5.32 Å². The molecule has 0 radical (unpaired) electrons. The van der Waals surface area contributed by atoms with Crippen molar-refractivity contribution < 1.29 is 22.1 Å². The first-order valence-electron chi connectivity index (χ1n) is 5.56. The third-order valence-corrected chi connectivity index (χ3v) is 3.19. The summed E-state index contributed by atoms with van der Waals surface area (Å²) in [6, 6.07) is 0. The van der Waals surface area contributed by atoms with Crippen molar-refractivity contribution in [2.45, 2.75) is 51.7 Å². The summed E-state index contributed by atoms with van der Waals surface area (Å²) in [6.45, 7) is 5.10. The molecule has 0 saturated heterocycles. The predicted octanol–water partition coefficient (Wildman–Crippen LogP) is 1.37. The molecule has 0 atom stereocenters. The molecule has 0 spiro atoms. The maximum absolute atomic E-state index is 11.4. The van der Waals surface area contributed by atoms with Crippen molar-refractivity contribution in [3.05, 3.63) is 0 Å². The van der Waals surface area contributed by atoms with E-state index in [4.69, 9.17) is 8.92 Å². The minimum absolute atomic E-state index is 0.222. The molecule has 0 heterocycles. The number of rotatable bonds is 4. The van der Waals surface area contributed by atoms with Crippen LogP contribution in [0.2, 0.25) is 0 Å². The highest BCUT2D eigenvalue weighted by atomic mass is 32.2. The Morgan fingerprint density at radius 2 is 1.94 bits per heavy atom. The van der Waals surface area contributed by atoms with Crippen molar-refractivity contribution in [2.75, 3.05) is 5.88 Å². The number of hydrogen-bond donors (Lipinski definition) is 1. The number of alkyl carbamates (subject to hydrolysis) is 1. The first-order valence-corrected chi connectivity index (χ1v) is 7.13. The van der Waals surface area contributed by atoms with E-state index in [-0.39, 0.29) is 6.10 Å². The topological polar surface area (TPSA) is 81.7 Å². The fraction of sp³-hybridized carbons (Fsp3) is 0.900. The molecule has 100 valence electrons. The van der Waals surface area contributed by atoms with Crippen molar-refractivity contribution >= 4 is 16.2 Å². The van der Waals surface area contributed by atoms with Gasteiger partial charge in [-0.3, -0.25) is 4.18 Å². The monoisotopic (exact) mass is 265 g/mol. The van der Waals surface area contributed by atoms with E-state index in [1.54, 1.807) is 20.8 Å². The van der Waals surface area contributed by atoms with Crippen LogP contribution in [0, 0.1) is 0 Å². The quantitative estimate of drug-likeness (QED) is 0.776. The number of ether oxygens (including phenoxy) is 1. The van der Waals surface area contributed by atoms with Gasteiger partial charge in [-0.1, -0.05) is 0 Å². The third kappa shape index (κ3) is 5.88. The molecule has 1 fully saturated rings. The minimum Gasteiger partial charge on any atom is -0.444 e. The van der Waals surface area contributed by atoms with Gasteiger partial charge in [0, 0.05) is 0 Å². The zero-order valence-electron chi connectivity index (χ0n) is 10.4. The molecule has 0 aromatic carbocycles. The summed E-state index contributed by atoms with van der Waals surface area (Å²) in [5.41, 5.74) is -0.650. The fourth-order valence-electron chi connectivity index (χ4n) is 1.17. The zero-order valence-corrected chi connectivity index (χ0v) is 11.2. The summed E-state index contributed by atoms with van der Waals surface area (Å²) in [4.78, 5) is 11.2. The lowest BCUT2D eigenvalue weighted by Crippen LogP contribution is -2.37. The van der Waals surface area contributed by atoms with Gasteiger partial charge in [0.25, 0.3) is 10.1 Å². The molecule has 17 heavy (non-hydrogen) atoms. The third-order valence-electron chi connectivity index (χ3n) is 2.13. The van der Waals surface area contributed by atoms with Gasteiger partial charge >= 0.3 is 6.09 Å². The number of nitrogens with one attached hydrogen (secondary N) is 1. The Balaban J connectivity index is 2.31. The molecular formula is C10H19NO5S. The number of carbonyl (C=O) groups is 1. The first-order chi connectivity index (χ1) is 7.68. The summed E-state index contributed by atoms with van der Waals surface area (Å²) >= 11 is 0. The minimum atomic E-state index is -3.70. The van der Waals surface area contributed by atoms with E-state index in [1.165, 1.54) is 0 Å². The summed E-state index contributed by atoms with van der Waals surface area (Å²) in [5.74, 6) is -0.557. The van der Waals surface area contributed by atoms with Crippen LogP contribution in [0.15, 0.2) is 0 Å². The van der Waals surface area contributed by atoms with Crippen LogP contribution in [0.1, 0.15) is 40.0 Å². The molecule has 1 amide bonds. The summed E-state index contributed by atoms with van der Waals surface area (Å²) in [5, 5.41) is 2.16. The van der Waals surface area contributed by atoms with Crippen LogP contribution in [0.4, 0.5) is 4.79 Å². The Labute approximate surface area is 102 Å². The number of carbonyl (C=O) groups excluding carboxylic acids is 1. The van der Waals surface area contributed by atoms with E-state index in [0.29, 0.717) is 0 Å². The van der Waals surface area contributed by atoms with Crippen molar-refractivity contribution in [1.82, 2.24) is 5.32 Å². The van der Waals surface area contributed by atoms with E-state index in [2.05, 4.69) is 5.32 Å². The van der Waals surface area contributed by atoms with Gasteiger partial charge in [0.1, 0.15) is 11.5 Å². The summed E-state index contributed by atoms with van der Waals surface area (Å²) in [7, 11) is -3.70. The second-order valence-electron chi connectivity index (χ2n) is 5.03. The highest BCUT2D eigenvalue weighted by Gasteiger charge is 2.26. The summed E-state index contributed by atoms with van der Waals surface area (Å²) < 4.78 is 32.6. The molecule has 1 rings (SSSR count). The van der Waals surface area contributed by atoms with Gasteiger partial charge in [0.05, 0.1) is 6.10 Å². The van der Waals surface area contributed by atoms with E-state index >= 15 is 0 Å². The van der Waals surface area contributed by atoms with Crippen LogP contribution in [0.3, 0.4) is 0 Å². The molecule has 0 unspecified atom stereocenters. The van der Waals surface area contributed by atoms with E-state index in [9.17, 15) is 13.2 Å². The molecule has 0 bridgehead atoms. The number of amides is 1. The second kappa shape index (κ2) is 5.22. The maximum atomic E-state index is 11.4. The number of hydrogen-bond acceptors (Lipinski definition) is 5. The first kappa shape index (κ1) is 14.2. The van der Waals surface area contributed by atoms with E-state index < -0.39 is 27.7 Å². The van der Waals surface area contributed by atoms with Gasteiger partial charge in [-0.2, -0.15) is 8.42 Å². The molecular weight excluding hydrogens is 246 g/mol. The van der Waals surface area contributed by atoms with Crippen LogP contribution in [0.5, 0.6) is 0 Å². The second-order valence-corrected chi connectivity index (χ2v) is 6.63. The van der Waals surface area contributed by atoms with Gasteiger partial charge in [-0.15, -0.1) is 0 Å². The van der Waals surface area contributed by atoms with E-state index in [0.717, 1.165) is 19.3 Å². The zero-order chi connectivity index (χ0) is 13.1. The molecule has 7 heteroatoms. The molecule has 1 aliphatic carbocycles. The molecule has 1 saturated carbocycles. The largest absolute Gasteiger partial charge is 0.444 e. The molecule has 1 aliphatic rings. The Bertz CT molecular complexity index is 367. The van der Waals surface area contributed by atoms with Crippen LogP contribution in [-0.4, -0.2) is 32.1 Å². The predicted molar refractivity (Wildman–Crippen MR) is 61.9 cm³/mol. The van der Waals surface area contributed by atoms with E-state index in [1.807, 2.05) is 0 Å². The summed E-state index contributed by atoms with van der Waals surface area (Å²) in [6.07, 6.45) is 1.51. The lowest BCUT2D eigenvalue weighted by molar-refractivity contribution is 0.0531. The molecule has 0 aromatic rings. The van der Waals surface area contributed by atoms with Gasteiger partial charge in [-0.05, 0) is 40.0 Å². The van der Waals surface area contributed by atoms with Gasteiger partial charge in [-0.25, -0.2) is 4.79 Å².